The third kappa shape index (κ3) is 7.25. The van der Waals surface area contributed by atoms with Crippen molar-refractivity contribution >= 4 is 5.91 Å². The maximum absolute atomic E-state index is 13.6. The van der Waals surface area contributed by atoms with Gasteiger partial charge in [0.15, 0.2) is 0 Å². The number of fused-ring (bicyclic) bond motifs is 1. The van der Waals surface area contributed by atoms with Crippen molar-refractivity contribution in [3.8, 4) is 17.7 Å². The van der Waals surface area contributed by atoms with Crippen molar-refractivity contribution in [3.63, 3.8) is 0 Å². The fraction of sp³-hybridized carbons (Fsp3) is 0.481. The molecule has 1 amide bonds. The smallest absolute Gasteiger partial charge is 0.259 e. The predicted molar refractivity (Wildman–Crippen MR) is 134 cm³/mol. The molecule has 188 valence electrons. The van der Waals surface area contributed by atoms with Crippen LogP contribution in [0.1, 0.15) is 35.3 Å². The Bertz CT molecular complexity index is 1080. The molecule has 0 fully saturated rings. The highest BCUT2D eigenvalue weighted by Crippen LogP contribution is 2.27. The minimum absolute atomic E-state index is 0.0302. The number of aromatic nitrogens is 1. The van der Waals surface area contributed by atoms with Crippen LogP contribution in [-0.4, -0.2) is 90.2 Å². The van der Waals surface area contributed by atoms with Crippen molar-refractivity contribution < 1.29 is 19.0 Å². The van der Waals surface area contributed by atoms with E-state index in [4.69, 9.17) is 4.74 Å². The number of amides is 1. The van der Waals surface area contributed by atoms with Crippen LogP contribution in [0.3, 0.4) is 0 Å². The Morgan fingerprint density at radius 1 is 1.31 bits per heavy atom. The zero-order valence-electron chi connectivity index (χ0n) is 21.2. The molecule has 35 heavy (non-hydrogen) atoms. The molecule has 0 saturated carbocycles. The quantitative estimate of drug-likeness (QED) is 0.612. The molecule has 1 aliphatic heterocycles. The first-order valence-corrected chi connectivity index (χ1v) is 11.8. The van der Waals surface area contributed by atoms with E-state index in [2.05, 4.69) is 21.7 Å². The number of hydrogen-bond acceptors (Lipinski definition) is 6. The van der Waals surface area contributed by atoms with Crippen LogP contribution in [-0.2, 0) is 6.54 Å². The normalized spacial score (nSPS) is 18.9. The number of rotatable bonds is 7. The molecule has 2 heterocycles. The van der Waals surface area contributed by atoms with E-state index in [1.54, 1.807) is 23.2 Å². The van der Waals surface area contributed by atoms with Gasteiger partial charge in [-0.2, -0.15) is 0 Å². The van der Waals surface area contributed by atoms with E-state index in [-0.39, 0.29) is 42.3 Å². The molecule has 1 N–H and O–H groups in total. The van der Waals surface area contributed by atoms with Crippen LogP contribution in [0.25, 0.3) is 0 Å². The number of nitrogens with zero attached hydrogens (tertiary/aromatic N) is 4. The number of hydrogen-bond donors (Lipinski definition) is 1. The molecule has 1 aliphatic rings. The third-order valence-corrected chi connectivity index (χ3v) is 5.98. The van der Waals surface area contributed by atoms with Gasteiger partial charge in [0.2, 0.25) is 5.88 Å². The molecular weight excluding hydrogens is 447 g/mol. The van der Waals surface area contributed by atoms with Gasteiger partial charge >= 0.3 is 0 Å². The van der Waals surface area contributed by atoms with Crippen LogP contribution in [0.4, 0.5) is 4.39 Å². The maximum atomic E-state index is 13.6. The fourth-order valence-electron chi connectivity index (χ4n) is 4.01. The first kappa shape index (κ1) is 26.6. The Balaban J connectivity index is 1.89. The molecule has 3 rings (SSSR count). The van der Waals surface area contributed by atoms with E-state index in [0.717, 1.165) is 5.56 Å². The molecule has 0 saturated heterocycles. The number of pyridine rings is 1. The highest BCUT2D eigenvalue weighted by atomic mass is 19.1. The van der Waals surface area contributed by atoms with Crippen molar-refractivity contribution in [2.75, 3.05) is 47.4 Å². The van der Waals surface area contributed by atoms with Gasteiger partial charge in [-0.25, -0.2) is 9.37 Å². The second kappa shape index (κ2) is 12.1. The molecule has 0 radical (unpaired) electrons. The second-order valence-corrected chi connectivity index (χ2v) is 9.57. The average molecular weight is 483 g/mol. The Morgan fingerprint density at radius 3 is 2.77 bits per heavy atom. The van der Waals surface area contributed by atoms with E-state index in [1.165, 1.54) is 12.1 Å². The molecule has 7 nitrogen and oxygen atoms in total. The summed E-state index contributed by atoms with van der Waals surface area (Å²) >= 11 is 0. The van der Waals surface area contributed by atoms with Gasteiger partial charge in [-0.1, -0.05) is 30.9 Å². The average Bonchev–Trinajstić information content (AvgIpc) is 2.81. The van der Waals surface area contributed by atoms with E-state index >= 15 is 0 Å². The van der Waals surface area contributed by atoms with Gasteiger partial charge in [-0.3, -0.25) is 14.6 Å². The number of likely N-dealkylation sites (N-methyl/N-ethyl adjacent to an activating group) is 1. The molecule has 0 spiro atoms. The topological polar surface area (TPSA) is 69.1 Å². The summed E-state index contributed by atoms with van der Waals surface area (Å²) in [7, 11) is 5.83. The van der Waals surface area contributed by atoms with E-state index < -0.39 is 0 Å². The van der Waals surface area contributed by atoms with Crippen molar-refractivity contribution in [2.45, 2.75) is 32.5 Å². The van der Waals surface area contributed by atoms with Crippen LogP contribution in [0.15, 0.2) is 36.5 Å². The summed E-state index contributed by atoms with van der Waals surface area (Å²) in [5.41, 5.74) is 1.84. The third-order valence-electron chi connectivity index (χ3n) is 5.98. The first-order valence-electron chi connectivity index (χ1n) is 11.8. The van der Waals surface area contributed by atoms with Gasteiger partial charge in [-0.15, -0.1) is 0 Å². The molecule has 0 unspecified atom stereocenters. The number of aliphatic hydroxyl groups is 1. The highest BCUT2D eigenvalue weighted by Gasteiger charge is 2.34. The highest BCUT2D eigenvalue weighted by molar-refractivity contribution is 5.97. The molecule has 1 aromatic carbocycles. The summed E-state index contributed by atoms with van der Waals surface area (Å²) in [5.74, 6) is 5.86. The van der Waals surface area contributed by atoms with Crippen molar-refractivity contribution in [1.29, 1.82) is 0 Å². The minimum atomic E-state index is -0.356. The van der Waals surface area contributed by atoms with Crippen LogP contribution in [0.5, 0.6) is 5.88 Å². The SMILES string of the molecule is C[C@@H]1CN([C@H](C)CO)C(=O)c2cc(C#CCN(C)C)cnc2O[C@@H]1CN(C)Cc1cccc(F)c1. The summed E-state index contributed by atoms with van der Waals surface area (Å²) in [4.78, 5) is 23.6. The molecule has 3 atom stereocenters. The lowest BCUT2D eigenvalue weighted by molar-refractivity contribution is 0.0325. The summed E-state index contributed by atoms with van der Waals surface area (Å²) in [6, 6.07) is 7.91. The van der Waals surface area contributed by atoms with Crippen LogP contribution < -0.4 is 4.74 Å². The predicted octanol–water partition coefficient (Wildman–Crippen LogP) is 2.49. The number of benzene rings is 1. The van der Waals surface area contributed by atoms with Crippen molar-refractivity contribution in [2.24, 2.45) is 5.92 Å². The van der Waals surface area contributed by atoms with Gasteiger partial charge in [0, 0.05) is 37.3 Å². The monoisotopic (exact) mass is 482 g/mol. The summed E-state index contributed by atoms with van der Waals surface area (Å²) in [5, 5.41) is 9.82. The van der Waals surface area contributed by atoms with Gasteiger partial charge < -0.3 is 14.7 Å². The van der Waals surface area contributed by atoms with Crippen molar-refractivity contribution in [1.82, 2.24) is 19.7 Å². The molecular formula is C27H35FN4O3. The largest absolute Gasteiger partial charge is 0.472 e. The maximum Gasteiger partial charge on any atom is 0.259 e. The van der Waals surface area contributed by atoms with E-state index in [0.29, 0.717) is 37.3 Å². The Labute approximate surface area is 207 Å². The molecule has 1 aromatic heterocycles. The van der Waals surface area contributed by atoms with Crippen LogP contribution >= 0.6 is 0 Å². The standard InChI is InChI=1S/C27H35FN4O3/c1-19-15-32(20(2)18-33)27(34)24-13-21(9-7-11-30(3)4)14-29-26(24)35-25(19)17-31(5)16-22-8-6-10-23(28)12-22/h6,8,10,12-14,19-20,25,33H,11,15-18H2,1-5H3/t19-,20-,25-/m1/s1. The van der Waals surface area contributed by atoms with Crippen LogP contribution in [0, 0.1) is 23.6 Å². The van der Waals surface area contributed by atoms with E-state index in [9.17, 15) is 14.3 Å². The molecule has 0 bridgehead atoms. The zero-order chi connectivity index (χ0) is 25.5. The van der Waals surface area contributed by atoms with E-state index in [1.807, 2.05) is 46.0 Å². The lowest BCUT2D eigenvalue weighted by Crippen LogP contribution is -2.49. The molecule has 8 heteroatoms. The number of halogens is 1. The second-order valence-electron chi connectivity index (χ2n) is 9.57. The van der Waals surface area contributed by atoms with Gasteiger partial charge in [0.1, 0.15) is 17.5 Å². The number of aliphatic hydroxyl groups excluding tert-OH is 1. The fourth-order valence-corrected chi connectivity index (χ4v) is 4.01. The van der Waals surface area contributed by atoms with Gasteiger partial charge in [0.05, 0.1) is 19.2 Å². The Kier molecular flexibility index (Phi) is 9.21. The first-order chi connectivity index (χ1) is 16.7. The summed E-state index contributed by atoms with van der Waals surface area (Å²) in [6.45, 7) is 5.83. The lowest BCUT2D eigenvalue weighted by atomic mass is 9.99. The number of carbonyl (C=O) groups is 1. The Hall–Kier alpha value is -2.99. The Morgan fingerprint density at radius 2 is 2.09 bits per heavy atom. The molecule has 0 aliphatic carbocycles. The van der Waals surface area contributed by atoms with Crippen LogP contribution in [0.2, 0.25) is 0 Å². The lowest BCUT2D eigenvalue weighted by Gasteiger charge is -2.37. The summed E-state index contributed by atoms with van der Waals surface area (Å²) in [6.07, 6.45) is 1.35. The minimum Gasteiger partial charge on any atom is -0.472 e. The van der Waals surface area contributed by atoms with Gasteiger partial charge in [-0.05, 0) is 51.8 Å². The van der Waals surface area contributed by atoms with Gasteiger partial charge in [0.25, 0.3) is 5.91 Å². The molecule has 2 aromatic rings. The number of carbonyl (C=O) groups excluding carboxylic acids is 1. The summed E-state index contributed by atoms with van der Waals surface area (Å²) < 4.78 is 19.9. The zero-order valence-corrected chi connectivity index (χ0v) is 21.2. The van der Waals surface area contributed by atoms with Crippen molar-refractivity contribution in [3.05, 3.63) is 59.0 Å². The number of ether oxygens (including phenoxy) is 1.